The van der Waals surface area contributed by atoms with Gasteiger partial charge in [0.1, 0.15) is 0 Å². The zero-order valence-electron chi connectivity index (χ0n) is 11.3. The number of rotatable bonds is 4. The Hall–Kier alpha value is -0.260. The average molecular weight is 271 g/mol. The van der Waals surface area contributed by atoms with Crippen molar-refractivity contribution in [2.45, 2.75) is 30.9 Å². The minimum Gasteiger partial charge on any atom is -0.354 e. The minimum atomic E-state index is 0.186. The highest BCUT2D eigenvalue weighted by atomic mass is 32.2. The largest absolute Gasteiger partial charge is 0.354 e. The van der Waals surface area contributed by atoms with Crippen LogP contribution >= 0.6 is 11.8 Å². The van der Waals surface area contributed by atoms with Crippen molar-refractivity contribution in [3.8, 4) is 0 Å². The van der Waals surface area contributed by atoms with Crippen molar-refractivity contribution in [2.75, 3.05) is 45.0 Å². The van der Waals surface area contributed by atoms with Gasteiger partial charge in [0, 0.05) is 24.4 Å². The van der Waals surface area contributed by atoms with E-state index in [1.807, 2.05) is 11.8 Å². The third-order valence-corrected chi connectivity index (χ3v) is 5.30. The maximum atomic E-state index is 11.9. The Morgan fingerprint density at radius 1 is 1.39 bits per heavy atom. The summed E-state index contributed by atoms with van der Waals surface area (Å²) >= 11 is 2.00. The Balaban J connectivity index is 1.67. The number of nitrogens with zero attached hydrogens (tertiary/aromatic N) is 1. The van der Waals surface area contributed by atoms with Gasteiger partial charge in [-0.2, -0.15) is 11.8 Å². The summed E-state index contributed by atoms with van der Waals surface area (Å²) in [5.74, 6) is 1.43. The SMILES string of the molecule is CC1(CNC(=O)CN2CCCNCC2)CCCS1. The summed E-state index contributed by atoms with van der Waals surface area (Å²) in [6.07, 6.45) is 3.65. The summed E-state index contributed by atoms with van der Waals surface area (Å²) in [5, 5.41) is 6.47. The molecule has 4 nitrogen and oxygen atoms in total. The molecule has 2 heterocycles. The third-order valence-electron chi connectivity index (χ3n) is 3.76. The van der Waals surface area contributed by atoms with E-state index in [0.717, 1.165) is 39.1 Å². The van der Waals surface area contributed by atoms with E-state index in [2.05, 4.69) is 22.5 Å². The molecule has 0 aromatic carbocycles. The molecule has 0 spiro atoms. The van der Waals surface area contributed by atoms with Crippen LogP contribution in [-0.2, 0) is 4.79 Å². The summed E-state index contributed by atoms with van der Waals surface area (Å²) < 4.78 is 0.274. The zero-order chi connectivity index (χ0) is 12.8. The van der Waals surface area contributed by atoms with Crippen LogP contribution in [0, 0.1) is 0 Å². The van der Waals surface area contributed by atoms with E-state index < -0.39 is 0 Å². The van der Waals surface area contributed by atoms with Gasteiger partial charge in [-0.15, -0.1) is 0 Å². The molecule has 0 aromatic heterocycles. The van der Waals surface area contributed by atoms with Gasteiger partial charge in [-0.05, 0) is 45.0 Å². The van der Waals surface area contributed by atoms with E-state index >= 15 is 0 Å². The summed E-state index contributed by atoms with van der Waals surface area (Å²) in [4.78, 5) is 14.2. The van der Waals surface area contributed by atoms with E-state index in [1.165, 1.54) is 18.6 Å². The lowest BCUT2D eigenvalue weighted by molar-refractivity contribution is -0.122. The quantitative estimate of drug-likeness (QED) is 0.789. The topological polar surface area (TPSA) is 44.4 Å². The zero-order valence-corrected chi connectivity index (χ0v) is 12.2. The number of thioether (sulfide) groups is 1. The van der Waals surface area contributed by atoms with E-state index in [1.54, 1.807) is 0 Å². The van der Waals surface area contributed by atoms with E-state index in [4.69, 9.17) is 0 Å². The van der Waals surface area contributed by atoms with Crippen LogP contribution in [0.1, 0.15) is 26.2 Å². The molecule has 18 heavy (non-hydrogen) atoms. The molecule has 0 aromatic rings. The van der Waals surface area contributed by atoms with E-state index in [-0.39, 0.29) is 10.7 Å². The van der Waals surface area contributed by atoms with Gasteiger partial charge < -0.3 is 10.6 Å². The summed E-state index contributed by atoms with van der Waals surface area (Å²) in [6.45, 7) is 7.74. The van der Waals surface area contributed by atoms with Gasteiger partial charge in [0.05, 0.1) is 6.54 Å². The second-order valence-electron chi connectivity index (χ2n) is 5.56. The first-order valence-electron chi connectivity index (χ1n) is 7.02. The number of carbonyl (C=O) groups is 1. The molecule has 1 unspecified atom stereocenters. The number of nitrogens with one attached hydrogen (secondary N) is 2. The molecule has 1 atom stereocenters. The van der Waals surface area contributed by atoms with Crippen LogP contribution in [0.3, 0.4) is 0 Å². The van der Waals surface area contributed by atoms with E-state index in [0.29, 0.717) is 6.54 Å². The summed E-state index contributed by atoms with van der Waals surface area (Å²) in [7, 11) is 0. The molecule has 2 aliphatic rings. The molecule has 0 aliphatic carbocycles. The van der Waals surface area contributed by atoms with Crippen molar-refractivity contribution in [3.05, 3.63) is 0 Å². The number of hydrogen-bond acceptors (Lipinski definition) is 4. The Labute approximate surface area is 114 Å². The molecule has 0 saturated carbocycles. The van der Waals surface area contributed by atoms with Gasteiger partial charge in [-0.1, -0.05) is 0 Å². The van der Waals surface area contributed by atoms with Crippen molar-refractivity contribution >= 4 is 17.7 Å². The number of hydrogen-bond donors (Lipinski definition) is 2. The van der Waals surface area contributed by atoms with Gasteiger partial charge in [0.2, 0.25) is 5.91 Å². The molecule has 0 bridgehead atoms. The van der Waals surface area contributed by atoms with Crippen LogP contribution in [0.15, 0.2) is 0 Å². The monoisotopic (exact) mass is 271 g/mol. The van der Waals surface area contributed by atoms with Crippen LogP contribution in [0.2, 0.25) is 0 Å². The van der Waals surface area contributed by atoms with Crippen molar-refractivity contribution in [2.24, 2.45) is 0 Å². The lowest BCUT2D eigenvalue weighted by atomic mass is 10.1. The lowest BCUT2D eigenvalue weighted by Gasteiger charge is -2.24. The van der Waals surface area contributed by atoms with Crippen LogP contribution in [0.5, 0.6) is 0 Å². The molecule has 1 amide bonds. The van der Waals surface area contributed by atoms with Crippen LogP contribution in [0.4, 0.5) is 0 Å². The molecular formula is C13H25N3OS. The Bertz CT molecular complexity index is 271. The first-order valence-corrected chi connectivity index (χ1v) is 8.00. The Morgan fingerprint density at radius 3 is 3.06 bits per heavy atom. The predicted molar refractivity (Wildman–Crippen MR) is 77.0 cm³/mol. The second kappa shape index (κ2) is 6.78. The summed E-state index contributed by atoms with van der Waals surface area (Å²) in [5.41, 5.74) is 0. The van der Waals surface area contributed by atoms with Crippen molar-refractivity contribution in [1.82, 2.24) is 15.5 Å². The van der Waals surface area contributed by atoms with Crippen molar-refractivity contribution < 1.29 is 4.79 Å². The van der Waals surface area contributed by atoms with E-state index in [9.17, 15) is 4.79 Å². The van der Waals surface area contributed by atoms with Gasteiger partial charge in [-0.3, -0.25) is 9.69 Å². The molecule has 0 radical (unpaired) electrons. The molecule has 104 valence electrons. The van der Waals surface area contributed by atoms with Gasteiger partial charge in [-0.25, -0.2) is 0 Å². The first-order chi connectivity index (χ1) is 8.68. The Kier molecular flexibility index (Phi) is 5.33. The Morgan fingerprint density at radius 2 is 2.28 bits per heavy atom. The van der Waals surface area contributed by atoms with Crippen molar-refractivity contribution in [1.29, 1.82) is 0 Å². The van der Waals surface area contributed by atoms with Crippen LogP contribution in [-0.4, -0.2) is 60.6 Å². The molecule has 5 heteroatoms. The van der Waals surface area contributed by atoms with Crippen molar-refractivity contribution in [3.63, 3.8) is 0 Å². The molecule has 2 fully saturated rings. The predicted octanol–water partition coefficient (Wildman–Crippen LogP) is 0.684. The maximum absolute atomic E-state index is 11.9. The minimum absolute atomic E-state index is 0.186. The molecule has 2 N–H and O–H groups in total. The lowest BCUT2D eigenvalue weighted by Crippen LogP contribution is -2.43. The fraction of sp³-hybridized carbons (Fsp3) is 0.923. The number of amides is 1. The average Bonchev–Trinajstić information content (AvgIpc) is 2.62. The number of carbonyl (C=O) groups excluding carboxylic acids is 1. The highest BCUT2D eigenvalue weighted by Crippen LogP contribution is 2.36. The smallest absolute Gasteiger partial charge is 0.234 e. The highest BCUT2D eigenvalue weighted by Gasteiger charge is 2.29. The van der Waals surface area contributed by atoms with Gasteiger partial charge in [0.25, 0.3) is 0 Å². The normalized spacial score (nSPS) is 30.1. The van der Waals surface area contributed by atoms with Gasteiger partial charge in [0.15, 0.2) is 0 Å². The van der Waals surface area contributed by atoms with Crippen LogP contribution in [0.25, 0.3) is 0 Å². The fourth-order valence-electron chi connectivity index (χ4n) is 2.58. The standard InChI is InChI=1S/C13H25N3OS/c1-13(4-2-9-18-13)11-15-12(17)10-16-7-3-5-14-6-8-16/h14H,2-11H2,1H3,(H,15,17). The first kappa shape index (κ1) is 14.2. The summed E-state index contributed by atoms with van der Waals surface area (Å²) in [6, 6.07) is 0. The maximum Gasteiger partial charge on any atom is 0.234 e. The molecular weight excluding hydrogens is 246 g/mol. The molecule has 2 aliphatic heterocycles. The molecule has 2 saturated heterocycles. The molecule has 2 rings (SSSR count). The van der Waals surface area contributed by atoms with Gasteiger partial charge >= 0.3 is 0 Å². The second-order valence-corrected chi connectivity index (χ2v) is 7.24. The highest BCUT2D eigenvalue weighted by molar-refractivity contribution is 8.00. The fourth-order valence-corrected chi connectivity index (χ4v) is 3.82. The third kappa shape index (κ3) is 4.44. The van der Waals surface area contributed by atoms with Crippen LogP contribution < -0.4 is 10.6 Å².